The van der Waals surface area contributed by atoms with E-state index in [1.54, 1.807) is 6.92 Å². The second-order valence-corrected chi connectivity index (χ2v) is 8.38. The Morgan fingerprint density at radius 2 is 1.96 bits per heavy atom. The molecule has 4 rings (SSSR count). The highest BCUT2D eigenvalue weighted by molar-refractivity contribution is 5.94. The van der Waals surface area contributed by atoms with Crippen molar-refractivity contribution in [1.29, 1.82) is 0 Å². The fourth-order valence-corrected chi connectivity index (χ4v) is 5.03. The number of hydrogen-bond donors (Lipinski definition) is 0. The van der Waals surface area contributed by atoms with Crippen molar-refractivity contribution in [3.05, 3.63) is 29.8 Å². The molecule has 0 aromatic heterocycles. The summed E-state index contributed by atoms with van der Waals surface area (Å²) < 4.78 is 6.19. The van der Waals surface area contributed by atoms with Crippen LogP contribution in [0.2, 0.25) is 0 Å². The molecule has 3 aliphatic heterocycles. The number of hydrogen-bond acceptors (Lipinski definition) is 3. The molecule has 5 nitrogen and oxygen atoms in total. The van der Waals surface area contributed by atoms with Crippen molar-refractivity contribution in [2.75, 3.05) is 31.1 Å². The smallest absolute Gasteiger partial charge is 0.227 e. The van der Waals surface area contributed by atoms with E-state index in [-0.39, 0.29) is 17.4 Å². The molecule has 146 valence electrons. The fraction of sp³-hybridized carbons (Fsp3) is 0.636. The van der Waals surface area contributed by atoms with Gasteiger partial charge >= 0.3 is 0 Å². The Kier molecular flexibility index (Phi) is 5.22. The van der Waals surface area contributed by atoms with Crippen LogP contribution in [-0.4, -0.2) is 48.6 Å². The fourth-order valence-electron chi connectivity index (χ4n) is 5.03. The third kappa shape index (κ3) is 3.88. The van der Waals surface area contributed by atoms with Gasteiger partial charge in [-0.1, -0.05) is 18.2 Å². The predicted molar refractivity (Wildman–Crippen MR) is 105 cm³/mol. The summed E-state index contributed by atoms with van der Waals surface area (Å²) in [5.41, 5.74) is 2.26. The van der Waals surface area contributed by atoms with E-state index < -0.39 is 0 Å². The molecule has 1 atom stereocenters. The van der Waals surface area contributed by atoms with E-state index in [4.69, 9.17) is 4.74 Å². The average molecular weight is 370 g/mol. The van der Waals surface area contributed by atoms with Gasteiger partial charge in [-0.3, -0.25) is 9.59 Å². The van der Waals surface area contributed by atoms with E-state index in [9.17, 15) is 9.59 Å². The van der Waals surface area contributed by atoms with E-state index in [1.807, 2.05) is 15.9 Å². The molecule has 0 bridgehead atoms. The molecule has 0 aliphatic carbocycles. The van der Waals surface area contributed by atoms with Crippen LogP contribution in [0, 0.1) is 5.92 Å². The van der Waals surface area contributed by atoms with Gasteiger partial charge in [0.15, 0.2) is 0 Å². The van der Waals surface area contributed by atoms with E-state index in [0.717, 1.165) is 70.5 Å². The lowest BCUT2D eigenvalue weighted by Gasteiger charge is -2.46. The summed E-state index contributed by atoms with van der Waals surface area (Å²) in [7, 11) is 0. The number of ether oxygens (including phenoxy) is 1. The van der Waals surface area contributed by atoms with Gasteiger partial charge in [0.05, 0.1) is 5.60 Å². The molecule has 5 heteroatoms. The number of rotatable bonds is 2. The van der Waals surface area contributed by atoms with Gasteiger partial charge in [-0.05, 0) is 56.1 Å². The van der Waals surface area contributed by atoms with E-state index in [0.29, 0.717) is 12.3 Å². The monoisotopic (exact) mass is 370 g/mol. The number of para-hydroxylation sites is 1. The largest absolute Gasteiger partial charge is 0.375 e. The van der Waals surface area contributed by atoms with Crippen LogP contribution >= 0.6 is 0 Å². The number of nitrogens with zero attached hydrogens (tertiary/aromatic N) is 2. The lowest BCUT2D eigenvalue weighted by Crippen LogP contribution is -2.50. The van der Waals surface area contributed by atoms with Crippen molar-refractivity contribution in [3.63, 3.8) is 0 Å². The van der Waals surface area contributed by atoms with Crippen molar-refractivity contribution < 1.29 is 14.3 Å². The number of benzene rings is 1. The summed E-state index contributed by atoms with van der Waals surface area (Å²) in [5, 5.41) is 0. The molecule has 0 saturated carbocycles. The summed E-state index contributed by atoms with van der Waals surface area (Å²) in [5.74, 6) is 0.783. The number of amides is 2. The quantitative estimate of drug-likeness (QED) is 0.803. The maximum atomic E-state index is 13.1. The average Bonchev–Trinajstić information content (AvgIpc) is 2.68. The third-order valence-electron chi connectivity index (χ3n) is 6.59. The first-order valence-corrected chi connectivity index (χ1v) is 10.3. The molecule has 2 fully saturated rings. The van der Waals surface area contributed by atoms with Crippen LogP contribution in [0.5, 0.6) is 0 Å². The van der Waals surface area contributed by atoms with Gasteiger partial charge in [0.25, 0.3) is 0 Å². The minimum absolute atomic E-state index is 0.130. The molecule has 27 heavy (non-hydrogen) atoms. The Morgan fingerprint density at radius 1 is 1.19 bits per heavy atom. The summed E-state index contributed by atoms with van der Waals surface area (Å²) >= 11 is 0. The Morgan fingerprint density at radius 3 is 2.74 bits per heavy atom. The number of carbonyl (C=O) groups is 2. The Bertz CT molecular complexity index is 709. The standard InChI is InChI=1S/C22H30N2O3/c1-17(25)23-12-9-22(10-13-23)16-18(8-14-27-22)15-21(26)24-11-4-6-19-5-2-3-7-20(19)24/h2-3,5,7,18H,4,6,8-16H2,1H3. The van der Waals surface area contributed by atoms with Gasteiger partial charge in [-0.15, -0.1) is 0 Å². The minimum Gasteiger partial charge on any atom is -0.375 e. The number of piperidine rings is 1. The van der Waals surface area contributed by atoms with E-state index in [2.05, 4.69) is 18.2 Å². The highest BCUT2D eigenvalue weighted by atomic mass is 16.5. The molecule has 1 unspecified atom stereocenters. The van der Waals surface area contributed by atoms with Gasteiger partial charge in [-0.25, -0.2) is 0 Å². The van der Waals surface area contributed by atoms with E-state index >= 15 is 0 Å². The Balaban J connectivity index is 1.39. The zero-order valence-electron chi connectivity index (χ0n) is 16.3. The van der Waals surface area contributed by atoms with Crippen LogP contribution in [-0.2, 0) is 20.7 Å². The minimum atomic E-state index is -0.130. The molecule has 1 spiro atoms. The number of carbonyl (C=O) groups excluding carboxylic acids is 2. The van der Waals surface area contributed by atoms with Crippen molar-refractivity contribution in [3.8, 4) is 0 Å². The molecule has 2 amide bonds. The Labute approximate surface area is 161 Å². The SMILES string of the molecule is CC(=O)N1CCC2(CC1)CC(CC(=O)N1CCCc3ccccc31)CCO2. The molecule has 1 aromatic carbocycles. The highest BCUT2D eigenvalue weighted by Gasteiger charge is 2.41. The first-order chi connectivity index (χ1) is 13.1. The van der Waals surface area contributed by atoms with Crippen molar-refractivity contribution in [1.82, 2.24) is 4.90 Å². The molecule has 3 heterocycles. The lowest BCUT2D eigenvalue weighted by atomic mass is 9.78. The zero-order chi connectivity index (χ0) is 18.9. The number of likely N-dealkylation sites (tertiary alicyclic amines) is 1. The molecular formula is C22H30N2O3. The topological polar surface area (TPSA) is 49.9 Å². The predicted octanol–water partition coefficient (Wildman–Crippen LogP) is 3.16. The van der Waals surface area contributed by atoms with Gasteiger partial charge in [0, 0.05) is 45.3 Å². The molecule has 3 aliphatic rings. The second-order valence-electron chi connectivity index (χ2n) is 8.38. The second kappa shape index (κ2) is 7.63. The molecular weight excluding hydrogens is 340 g/mol. The molecule has 0 radical (unpaired) electrons. The normalized spacial score (nSPS) is 24.6. The van der Waals surface area contributed by atoms with Crippen molar-refractivity contribution >= 4 is 17.5 Å². The van der Waals surface area contributed by atoms with Crippen LogP contribution in [0.15, 0.2) is 24.3 Å². The van der Waals surface area contributed by atoms with Gasteiger partial charge in [0.2, 0.25) is 11.8 Å². The maximum absolute atomic E-state index is 13.1. The van der Waals surface area contributed by atoms with Crippen molar-refractivity contribution in [2.24, 2.45) is 5.92 Å². The van der Waals surface area contributed by atoms with Gasteiger partial charge < -0.3 is 14.5 Å². The first kappa shape index (κ1) is 18.5. The van der Waals surface area contributed by atoms with Crippen LogP contribution in [0.4, 0.5) is 5.69 Å². The summed E-state index contributed by atoms with van der Waals surface area (Å²) in [6, 6.07) is 8.30. The number of anilines is 1. The first-order valence-electron chi connectivity index (χ1n) is 10.3. The third-order valence-corrected chi connectivity index (χ3v) is 6.59. The van der Waals surface area contributed by atoms with E-state index in [1.165, 1.54) is 5.56 Å². The van der Waals surface area contributed by atoms with Gasteiger partial charge in [0.1, 0.15) is 0 Å². The zero-order valence-corrected chi connectivity index (χ0v) is 16.3. The van der Waals surface area contributed by atoms with Crippen LogP contribution in [0.3, 0.4) is 0 Å². The molecule has 0 N–H and O–H groups in total. The highest BCUT2D eigenvalue weighted by Crippen LogP contribution is 2.39. The molecule has 2 saturated heterocycles. The summed E-state index contributed by atoms with van der Waals surface area (Å²) in [6.45, 7) is 4.75. The Hall–Kier alpha value is -1.88. The van der Waals surface area contributed by atoms with Crippen molar-refractivity contribution in [2.45, 2.75) is 57.5 Å². The van der Waals surface area contributed by atoms with Crippen LogP contribution < -0.4 is 4.90 Å². The summed E-state index contributed by atoms with van der Waals surface area (Å²) in [6.07, 6.45) is 6.40. The number of aryl methyl sites for hydroxylation is 1. The van der Waals surface area contributed by atoms with Crippen LogP contribution in [0.1, 0.15) is 51.0 Å². The van der Waals surface area contributed by atoms with Gasteiger partial charge in [-0.2, -0.15) is 0 Å². The summed E-state index contributed by atoms with van der Waals surface area (Å²) in [4.78, 5) is 28.6. The lowest BCUT2D eigenvalue weighted by molar-refractivity contribution is -0.146. The van der Waals surface area contributed by atoms with Crippen LogP contribution in [0.25, 0.3) is 0 Å². The maximum Gasteiger partial charge on any atom is 0.227 e. The molecule has 1 aromatic rings. The number of fused-ring (bicyclic) bond motifs is 1.